The Balaban J connectivity index is 1.78. The van der Waals surface area contributed by atoms with Crippen molar-refractivity contribution in [2.75, 3.05) is 39.8 Å². The molecule has 0 saturated carbocycles. The number of amides is 1. The maximum atomic E-state index is 12.4. The Morgan fingerprint density at radius 3 is 2.57 bits per heavy atom. The lowest BCUT2D eigenvalue weighted by atomic mass is 10.2. The summed E-state index contributed by atoms with van der Waals surface area (Å²) in [4.78, 5) is 31.3. The van der Waals surface area contributed by atoms with Gasteiger partial charge in [0, 0.05) is 32.7 Å². The van der Waals surface area contributed by atoms with Gasteiger partial charge in [-0.3, -0.25) is 14.5 Å². The van der Waals surface area contributed by atoms with Crippen molar-refractivity contribution in [1.82, 2.24) is 24.6 Å². The number of esters is 1. The van der Waals surface area contributed by atoms with E-state index in [1.165, 1.54) is 13.4 Å². The van der Waals surface area contributed by atoms with E-state index >= 15 is 0 Å². The van der Waals surface area contributed by atoms with Crippen molar-refractivity contribution in [3.05, 3.63) is 12.7 Å². The van der Waals surface area contributed by atoms with Crippen molar-refractivity contribution in [2.24, 2.45) is 0 Å². The molecule has 1 aromatic rings. The van der Waals surface area contributed by atoms with Crippen molar-refractivity contribution in [2.45, 2.75) is 19.4 Å². The molecule has 2 heterocycles. The normalized spacial score (nSPS) is 17.5. The Bertz CT molecular complexity index is 468. The molecule has 1 aliphatic heterocycles. The smallest absolute Gasteiger partial charge is 0.306 e. The maximum Gasteiger partial charge on any atom is 0.306 e. The lowest BCUT2D eigenvalue weighted by molar-refractivity contribution is -0.142. The number of carbonyl (C=O) groups is 2. The van der Waals surface area contributed by atoms with E-state index in [-0.39, 0.29) is 17.9 Å². The van der Waals surface area contributed by atoms with Crippen LogP contribution in [0.1, 0.15) is 19.4 Å². The number of hydrogen-bond donors (Lipinski definition) is 0. The molecule has 1 fully saturated rings. The lowest BCUT2D eigenvalue weighted by Gasteiger charge is -2.35. The lowest BCUT2D eigenvalue weighted by Crippen LogP contribution is -2.50. The zero-order valence-corrected chi connectivity index (χ0v) is 12.4. The molecule has 0 aliphatic carbocycles. The summed E-state index contributed by atoms with van der Waals surface area (Å²) in [6.07, 6.45) is 3.36. The number of nitrogens with zero attached hydrogens (tertiary/aromatic N) is 5. The van der Waals surface area contributed by atoms with Crippen LogP contribution in [0.3, 0.4) is 0 Å². The van der Waals surface area contributed by atoms with Gasteiger partial charge in [0.25, 0.3) is 0 Å². The Morgan fingerprint density at radius 2 is 2.00 bits per heavy atom. The molecule has 0 radical (unpaired) electrons. The standard InChI is InChI=1S/C13H21N5O3/c1-11(18-10-14-9-15-18)13(20)17-7-5-16(6-8-17)4-3-12(19)21-2/h9-11H,3-8H2,1-2H3. The molecule has 1 amide bonds. The molecule has 0 bridgehead atoms. The van der Waals surface area contributed by atoms with E-state index in [0.717, 1.165) is 13.1 Å². The first-order chi connectivity index (χ1) is 10.1. The third kappa shape index (κ3) is 4.01. The fourth-order valence-corrected chi connectivity index (χ4v) is 2.34. The van der Waals surface area contributed by atoms with Gasteiger partial charge in [-0.25, -0.2) is 9.67 Å². The van der Waals surface area contributed by atoms with Gasteiger partial charge in [-0.1, -0.05) is 0 Å². The van der Waals surface area contributed by atoms with Crippen molar-refractivity contribution >= 4 is 11.9 Å². The number of piperazine rings is 1. The Labute approximate surface area is 123 Å². The first-order valence-corrected chi connectivity index (χ1v) is 7.04. The number of hydrogen-bond acceptors (Lipinski definition) is 6. The molecule has 8 heteroatoms. The van der Waals surface area contributed by atoms with E-state index in [1.54, 1.807) is 11.0 Å². The predicted octanol–water partition coefficient (Wildman–Crippen LogP) is -0.454. The van der Waals surface area contributed by atoms with Crippen LogP contribution >= 0.6 is 0 Å². The summed E-state index contributed by atoms with van der Waals surface area (Å²) in [6.45, 7) is 5.37. The largest absolute Gasteiger partial charge is 0.469 e. The monoisotopic (exact) mass is 295 g/mol. The van der Waals surface area contributed by atoms with Crippen LogP contribution < -0.4 is 0 Å². The molecular weight excluding hydrogens is 274 g/mol. The van der Waals surface area contributed by atoms with E-state index in [4.69, 9.17) is 0 Å². The van der Waals surface area contributed by atoms with Crippen LogP contribution in [0.4, 0.5) is 0 Å². The van der Waals surface area contributed by atoms with E-state index in [2.05, 4.69) is 19.7 Å². The van der Waals surface area contributed by atoms with Crippen molar-refractivity contribution in [3.8, 4) is 0 Å². The molecule has 0 spiro atoms. The number of carbonyl (C=O) groups excluding carboxylic acids is 2. The van der Waals surface area contributed by atoms with Gasteiger partial charge in [0.15, 0.2) is 0 Å². The van der Waals surface area contributed by atoms with Gasteiger partial charge in [0.05, 0.1) is 13.5 Å². The second-order valence-corrected chi connectivity index (χ2v) is 5.04. The third-order valence-corrected chi connectivity index (χ3v) is 3.73. The number of aromatic nitrogens is 3. The summed E-state index contributed by atoms with van der Waals surface area (Å²) < 4.78 is 6.19. The summed E-state index contributed by atoms with van der Waals surface area (Å²) in [5.74, 6) is -0.151. The summed E-state index contributed by atoms with van der Waals surface area (Å²) >= 11 is 0. The number of rotatable bonds is 5. The minimum atomic E-state index is -0.339. The van der Waals surface area contributed by atoms with Gasteiger partial charge in [-0.2, -0.15) is 5.10 Å². The van der Waals surface area contributed by atoms with Crippen molar-refractivity contribution in [3.63, 3.8) is 0 Å². The average Bonchev–Trinajstić information content (AvgIpc) is 3.06. The van der Waals surface area contributed by atoms with E-state index in [9.17, 15) is 9.59 Å². The topological polar surface area (TPSA) is 80.6 Å². The Kier molecular flexibility index (Phi) is 5.26. The molecule has 8 nitrogen and oxygen atoms in total. The minimum Gasteiger partial charge on any atom is -0.469 e. The van der Waals surface area contributed by atoms with Crippen molar-refractivity contribution in [1.29, 1.82) is 0 Å². The van der Waals surface area contributed by atoms with Crippen molar-refractivity contribution < 1.29 is 14.3 Å². The first-order valence-electron chi connectivity index (χ1n) is 7.04. The van der Waals surface area contributed by atoms with Crippen LogP contribution in [0.15, 0.2) is 12.7 Å². The second-order valence-electron chi connectivity index (χ2n) is 5.04. The number of ether oxygens (including phenoxy) is 1. The SMILES string of the molecule is COC(=O)CCN1CCN(C(=O)C(C)n2cncn2)CC1. The fraction of sp³-hybridized carbons (Fsp3) is 0.692. The zero-order chi connectivity index (χ0) is 15.2. The second kappa shape index (κ2) is 7.16. The molecule has 1 atom stereocenters. The zero-order valence-electron chi connectivity index (χ0n) is 12.4. The van der Waals surface area contributed by atoms with Crippen LogP contribution in [-0.2, 0) is 14.3 Å². The minimum absolute atomic E-state index is 0.0492. The molecule has 1 unspecified atom stereocenters. The van der Waals surface area contributed by atoms with Gasteiger partial charge < -0.3 is 9.64 Å². The first kappa shape index (κ1) is 15.4. The highest BCUT2D eigenvalue weighted by atomic mass is 16.5. The molecule has 1 aromatic heterocycles. The number of methoxy groups -OCH3 is 1. The van der Waals surface area contributed by atoms with E-state index in [1.807, 2.05) is 11.8 Å². The summed E-state index contributed by atoms with van der Waals surface area (Å²) in [6, 6.07) is -0.339. The summed E-state index contributed by atoms with van der Waals surface area (Å²) in [5.41, 5.74) is 0. The molecule has 2 rings (SSSR count). The van der Waals surface area contributed by atoms with Gasteiger partial charge in [-0.15, -0.1) is 0 Å². The molecule has 21 heavy (non-hydrogen) atoms. The van der Waals surface area contributed by atoms with Gasteiger partial charge in [-0.05, 0) is 6.92 Å². The van der Waals surface area contributed by atoms with Gasteiger partial charge in [0.1, 0.15) is 18.7 Å². The Hall–Kier alpha value is -1.96. The highest BCUT2D eigenvalue weighted by Crippen LogP contribution is 2.11. The van der Waals surface area contributed by atoms with Crippen LogP contribution in [0.2, 0.25) is 0 Å². The van der Waals surface area contributed by atoms with Gasteiger partial charge >= 0.3 is 5.97 Å². The summed E-state index contributed by atoms with van der Waals surface area (Å²) in [7, 11) is 1.39. The van der Waals surface area contributed by atoms with E-state index < -0.39 is 0 Å². The van der Waals surface area contributed by atoms with Crippen LogP contribution in [0.5, 0.6) is 0 Å². The Morgan fingerprint density at radius 1 is 1.29 bits per heavy atom. The molecule has 1 aliphatic rings. The molecular formula is C13H21N5O3. The predicted molar refractivity (Wildman–Crippen MR) is 74.4 cm³/mol. The van der Waals surface area contributed by atoms with Crippen LogP contribution in [0, 0.1) is 0 Å². The highest BCUT2D eigenvalue weighted by Gasteiger charge is 2.26. The van der Waals surface area contributed by atoms with E-state index in [0.29, 0.717) is 26.1 Å². The fourth-order valence-electron chi connectivity index (χ4n) is 2.34. The highest BCUT2D eigenvalue weighted by molar-refractivity contribution is 5.80. The van der Waals surface area contributed by atoms with Crippen LogP contribution in [-0.4, -0.2) is 76.3 Å². The maximum absolute atomic E-state index is 12.4. The summed E-state index contributed by atoms with van der Waals surface area (Å²) in [5, 5.41) is 4.00. The third-order valence-electron chi connectivity index (χ3n) is 3.73. The molecule has 0 aromatic carbocycles. The molecule has 1 saturated heterocycles. The molecule has 0 N–H and O–H groups in total. The van der Waals surface area contributed by atoms with Crippen LogP contribution in [0.25, 0.3) is 0 Å². The van der Waals surface area contributed by atoms with Gasteiger partial charge in [0.2, 0.25) is 5.91 Å². The molecule has 116 valence electrons. The average molecular weight is 295 g/mol. The quantitative estimate of drug-likeness (QED) is 0.684.